The highest BCUT2D eigenvalue weighted by atomic mass is 32.2. The molecule has 1 aliphatic heterocycles. The predicted molar refractivity (Wildman–Crippen MR) is 116 cm³/mol. The second-order valence-electron chi connectivity index (χ2n) is 7.09. The van der Waals surface area contributed by atoms with E-state index in [1.54, 1.807) is 13.8 Å². The molecule has 0 bridgehead atoms. The van der Waals surface area contributed by atoms with E-state index in [1.165, 1.54) is 38.1 Å². The van der Waals surface area contributed by atoms with Crippen LogP contribution in [-0.4, -0.2) is 57.6 Å². The topological polar surface area (TPSA) is 169 Å². The minimum atomic E-state index is -4.07. The fourth-order valence-electron chi connectivity index (χ4n) is 2.93. The number of carbonyl (C=O) groups is 4. The molecule has 33 heavy (non-hydrogen) atoms. The molecule has 0 fully saturated rings. The second-order valence-corrected chi connectivity index (χ2v) is 8.80. The first kappa shape index (κ1) is 25.8. The third kappa shape index (κ3) is 7.02. The number of anilines is 1. The van der Waals surface area contributed by atoms with Crippen LogP contribution in [0.25, 0.3) is 0 Å². The van der Waals surface area contributed by atoms with Gasteiger partial charge in [0.05, 0.1) is 28.8 Å². The molecule has 0 aromatic heterocycles. The van der Waals surface area contributed by atoms with Crippen LogP contribution < -0.4 is 20.7 Å². The fraction of sp³-hybridized carbons (Fsp3) is 0.400. The first-order valence-corrected chi connectivity index (χ1v) is 11.5. The maximum absolute atomic E-state index is 12.5. The van der Waals surface area contributed by atoms with Gasteiger partial charge in [-0.15, -0.1) is 0 Å². The molecule has 1 heterocycles. The molecule has 180 valence electrons. The van der Waals surface area contributed by atoms with E-state index in [9.17, 15) is 27.6 Å². The molecule has 4 N–H and O–H groups in total. The standard InChI is InChI=1S/C20H26N4O8S/c1-5-31-19(27)17-11(2)21-20(28)23-16(17)10-32-18(26)12(3)24-33(29,30)15-8-6-14(7-9-15)22-13(4)25/h6-9,11-12,24H,5,10H2,1-4H3,(H,22,25)(H2,21,23,28)/t11-,12-/m0/s1. The molecule has 1 aromatic carbocycles. The monoisotopic (exact) mass is 482 g/mol. The van der Waals surface area contributed by atoms with Crippen LogP contribution in [-0.2, 0) is 33.9 Å². The second kappa shape index (κ2) is 10.9. The highest BCUT2D eigenvalue weighted by Gasteiger charge is 2.31. The average molecular weight is 483 g/mol. The molecule has 0 saturated carbocycles. The molecule has 2 rings (SSSR count). The Labute approximate surface area is 191 Å². The van der Waals surface area contributed by atoms with Crippen LogP contribution >= 0.6 is 0 Å². The number of urea groups is 1. The molecule has 1 aliphatic rings. The van der Waals surface area contributed by atoms with E-state index >= 15 is 0 Å². The minimum Gasteiger partial charge on any atom is -0.463 e. The molecule has 12 nitrogen and oxygen atoms in total. The van der Waals surface area contributed by atoms with Crippen LogP contribution in [0.2, 0.25) is 0 Å². The average Bonchev–Trinajstić information content (AvgIpc) is 2.71. The number of nitrogens with one attached hydrogen (secondary N) is 4. The van der Waals surface area contributed by atoms with E-state index in [0.29, 0.717) is 5.69 Å². The van der Waals surface area contributed by atoms with Gasteiger partial charge in [0.2, 0.25) is 15.9 Å². The summed E-state index contributed by atoms with van der Waals surface area (Å²) in [6.45, 7) is 5.44. The molecule has 0 unspecified atom stereocenters. The van der Waals surface area contributed by atoms with E-state index in [4.69, 9.17) is 9.47 Å². The van der Waals surface area contributed by atoms with Crippen molar-refractivity contribution in [1.29, 1.82) is 0 Å². The number of sulfonamides is 1. The van der Waals surface area contributed by atoms with Crippen LogP contribution in [0.3, 0.4) is 0 Å². The van der Waals surface area contributed by atoms with Gasteiger partial charge in [-0.1, -0.05) is 0 Å². The van der Waals surface area contributed by atoms with Gasteiger partial charge in [0.1, 0.15) is 12.6 Å². The Morgan fingerprint density at radius 2 is 1.79 bits per heavy atom. The highest BCUT2D eigenvalue weighted by Crippen LogP contribution is 2.16. The van der Waals surface area contributed by atoms with Crippen LogP contribution in [0.1, 0.15) is 27.7 Å². The van der Waals surface area contributed by atoms with Gasteiger partial charge in [0.25, 0.3) is 0 Å². The molecule has 1 aromatic rings. The zero-order valence-electron chi connectivity index (χ0n) is 18.6. The summed E-state index contributed by atoms with van der Waals surface area (Å²) in [5, 5.41) is 7.43. The van der Waals surface area contributed by atoms with Crippen molar-refractivity contribution in [2.24, 2.45) is 0 Å². The lowest BCUT2D eigenvalue weighted by molar-refractivity contribution is -0.145. The van der Waals surface area contributed by atoms with Crippen molar-refractivity contribution < 1.29 is 37.1 Å². The predicted octanol–water partition coefficient (Wildman–Crippen LogP) is 0.374. The first-order valence-electron chi connectivity index (χ1n) is 9.99. The molecular weight excluding hydrogens is 456 g/mol. The Balaban J connectivity index is 2.07. The summed E-state index contributed by atoms with van der Waals surface area (Å²) in [4.78, 5) is 47.3. The fourth-order valence-corrected chi connectivity index (χ4v) is 4.12. The van der Waals surface area contributed by atoms with E-state index in [2.05, 4.69) is 20.7 Å². The van der Waals surface area contributed by atoms with Crippen molar-refractivity contribution in [3.05, 3.63) is 35.5 Å². The van der Waals surface area contributed by atoms with Crippen molar-refractivity contribution in [3.8, 4) is 0 Å². The molecule has 0 aliphatic carbocycles. The third-order valence-electron chi connectivity index (χ3n) is 4.39. The van der Waals surface area contributed by atoms with E-state index in [1.807, 2.05) is 0 Å². The molecule has 13 heteroatoms. The Morgan fingerprint density at radius 3 is 2.36 bits per heavy atom. The van der Waals surface area contributed by atoms with Gasteiger partial charge >= 0.3 is 18.0 Å². The molecule has 0 spiro atoms. The number of carbonyl (C=O) groups excluding carboxylic acids is 4. The summed E-state index contributed by atoms with van der Waals surface area (Å²) in [7, 11) is -4.07. The lowest BCUT2D eigenvalue weighted by Crippen LogP contribution is -2.50. The van der Waals surface area contributed by atoms with Gasteiger partial charge in [-0.25, -0.2) is 18.0 Å². The summed E-state index contributed by atoms with van der Waals surface area (Å²) in [6.07, 6.45) is 0. The number of hydrogen-bond donors (Lipinski definition) is 4. The largest absolute Gasteiger partial charge is 0.463 e. The van der Waals surface area contributed by atoms with Crippen molar-refractivity contribution in [3.63, 3.8) is 0 Å². The van der Waals surface area contributed by atoms with Gasteiger partial charge in [0.15, 0.2) is 0 Å². The number of hydrogen-bond acceptors (Lipinski definition) is 8. The van der Waals surface area contributed by atoms with Crippen molar-refractivity contribution in [2.75, 3.05) is 18.5 Å². The molecule has 0 radical (unpaired) electrons. The van der Waals surface area contributed by atoms with E-state index in [0.717, 1.165) is 0 Å². The van der Waals surface area contributed by atoms with Crippen molar-refractivity contribution in [2.45, 2.75) is 44.7 Å². The Bertz CT molecular complexity index is 1070. The smallest absolute Gasteiger partial charge is 0.338 e. The number of benzene rings is 1. The maximum atomic E-state index is 12.5. The lowest BCUT2D eigenvalue weighted by Gasteiger charge is -2.26. The highest BCUT2D eigenvalue weighted by molar-refractivity contribution is 7.89. The summed E-state index contributed by atoms with van der Waals surface area (Å²) in [6, 6.07) is 2.82. The zero-order valence-corrected chi connectivity index (χ0v) is 19.4. The molecule has 2 atom stereocenters. The maximum Gasteiger partial charge on any atom is 0.338 e. The summed E-state index contributed by atoms with van der Waals surface area (Å²) in [5.74, 6) is -1.91. The lowest BCUT2D eigenvalue weighted by atomic mass is 10.0. The van der Waals surface area contributed by atoms with Crippen LogP contribution in [0, 0.1) is 0 Å². The number of amides is 3. The van der Waals surface area contributed by atoms with Crippen LogP contribution in [0.4, 0.5) is 10.5 Å². The third-order valence-corrected chi connectivity index (χ3v) is 5.95. The van der Waals surface area contributed by atoms with Gasteiger partial charge in [0, 0.05) is 12.6 Å². The Hall–Kier alpha value is -3.45. The summed E-state index contributed by atoms with van der Waals surface area (Å²) in [5.41, 5.74) is 0.552. The molecule has 3 amide bonds. The van der Waals surface area contributed by atoms with E-state index < -0.39 is 46.7 Å². The Morgan fingerprint density at radius 1 is 1.15 bits per heavy atom. The molecular formula is C20H26N4O8S. The first-order chi connectivity index (χ1) is 15.4. The van der Waals surface area contributed by atoms with Gasteiger partial charge in [-0.2, -0.15) is 4.72 Å². The van der Waals surface area contributed by atoms with Crippen LogP contribution in [0.15, 0.2) is 40.4 Å². The summed E-state index contributed by atoms with van der Waals surface area (Å²) >= 11 is 0. The number of ether oxygens (including phenoxy) is 2. The van der Waals surface area contributed by atoms with Crippen molar-refractivity contribution in [1.82, 2.24) is 15.4 Å². The Kier molecular flexibility index (Phi) is 8.54. The van der Waals surface area contributed by atoms with E-state index in [-0.39, 0.29) is 28.7 Å². The van der Waals surface area contributed by atoms with Gasteiger partial charge in [-0.05, 0) is 45.0 Å². The quantitative estimate of drug-likeness (QED) is 0.366. The SMILES string of the molecule is CCOC(=O)C1=C(COC(=O)[C@H](C)NS(=O)(=O)c2ccc(NC(C)=O)cc2)NC(=O)N[C@H]1C. The van der Waals surface area contributed by atoms with Gasteiger partial charge < -0.3 is 25.4 Å². The van der Waals surface area contributed by atoms with Gasteiger partial charge in [-0.3, -0.25) is 9.59 Å². The number of esters is 2. The summed E-state index contributed by atoms with van der Waals surface area (Å²) < 4.78 is 37.4. The zero-order chi connectivity index (χ0) is 24.8. The van der Waals surface area contributed by atoms with Crippen molar-refractivity contribution >= 4 is 39.6 Å². The minimum absolute atomic E-state index is 0.0432. The van der Waals surface area contributed by atoms with Crippen LogP contribution in [0.5, 0.6) is 0 Å². The normalized spacial score (nSPS) is 16.8. The molecule has 0 saturated heterocycles. The number of rotatable bonds is 9.